The minimum Gasteiger partial charge on any atom is -0.395 e. The Balaban J connectivity index is 2.76. The lowest BCUT2D eigenvalue weighted by Gasteiger charge is -2.26. The molecule has 0 bridgehead atoms. The van der Waals surface area contributed by atoms with E-state index >= 15 is 0 Å². The molecule has 1 N–H and O–H groups in total. The second-order valence-electron chi connectivity index (χ2n) is 4.33. The zero-order valence-corrected chi connectivity index (χ0v) is 10.5. The van der Waals surface area contributed by atoms with Crippen LogP contribution in [0, 0.1) is 11.6 Å². The maximum absolute atomic E-state index is 13.0. The highest BCUT2D eigenvalue weighted by Crippen LogP contribution is 2.11. The number of carbonyl (C=O) groups is 1. The number of rotatable bonds is 5. The number of hydrogen-bond acceptors (Lipinski definition) is 2. The molecule has 0 unspecified atom stereocenters. The van der Waals surface area contributed by atoms with Crippen molar-refractivity contribution >= 4 is 5.91 Å². The summed E-state index contributed by atoms with van der Waals surface area (Å²) in [5.41, 5.74) is 0.419. The highest BCUT2D eigenvalue weighted by atomic mass is 19.2. The van der Waals surface area contributed by atoms with Crippen LogP contribution < -0.4 is 0 Å². The smallest absolute Gasteiger partial charge is 0.227 e. The first-order chi connectivity index (χ1) is 8.45. The molecule has 5 heteroatoms. The SMILES string of the molecule is CC(C)N(CCO)C(=O)Cc1ccc(F)c(F)c1. The summed E-state index contributed by atoms with van der Waals surface area (Å²) in [5, 5.41) is 8.88. The number of halogens is 2. The Labute approximate surface area is 105 Å². The summed E-state index contributed by atoms with van der Waals surface area (Å²) in [6, 6.07) is 3.36. The summed E-state index contributed by atoms with van der Waals surface area (Å²) >= 11 is 0. The van der Waals surface area contributed by atoms with Crippen molar-refractivity contribution in [2.45, 2.75) is 26.3 Å². The predicted octanol–water partition coefficient (Wildman–Crippen LogP) is 1.74. The van der Waals surface area contributed by atoms with Crippen molar-refractivity contribution in [3.05, 3.63) is 35.4 Å². The van der Waals surface area contributed by atoms with Crippen LogP contribution in [0.15, 0.2) is 18.2 Å². The molecule has 0 saturated heterocycles. The van der Waals surface area contributed by atoms with Gasteiger partial charge in [0.2, 0.25) is 5.91 Å². The van der Waals surface area contributed by atoms with Gasteiger partial charge in [0, 0.05) is 12.6 Å². The van der Waals surface area contributed by atoms with Crippen LogP contribution in [0.3, 0.4) is 0 Å². The van der Waals surface area contributed by atoms with Crippen molar-refractivity contribution in [1.82, 2.24) is 4.90 Å². The van der Waals surface area contributed by atoms with Crippen LogP contribution in [0.4, 0.5) is 8.78 Å². The highest BCUT2D eigenvalue weighted by molar-refractivity contribution is 5.79. The molecule has 0 atom stereocenters. The Morgan fingerprint density at radius 2 is 2.00 bits per heavy atom. The topological polar surface area (TPSA) is 40.5 Å². The van der Waals surface area contributed by atoms with Gasteiger partial charge in [-0.05, 0) is 31.5 Å². The van der Waals surface area contributed by atoms with Crippen LogP contribution in [0.25, 0.3) is 0 Å². The van der Waals surface area contributed by atoms with E-state index in [1.807, 2.05) is 13.8 Å². The van der Waals surface area contributed by atoms with E-state index in [4.69, 9.17) is 5.11 Å². The summed E-state index contributed by atoms with van der Waals surface area (Å²) in [6.45, 7) is 3.78. The van der Waals surface area contributed by atoms with Crippen LogP contribution in [-0.2, 0) is 11.2 Å². The normalized spacial score (nSPS) is 10.8. The Hall–Kier alpha value is -1.49. The Morgan fingerprint density at radius 1 is 1.33 bits per heavy atom. The Morgan fingerprint density at radius 3 is 2.50 bits per heavy atom. The van der Waals surface area contributed by atoms with Crippen molar-refractivity contribution in [1.29, 1.82) is 0 Å². The summed E-state index contributed by atoms with van der Waals surface area (Å²) in [6.07, 6.45) is -0.00458. The van der Waals surface area contributed by atoms with E-state index in [2.05, 4.69) is 0 Å². The highest BCUT2D eigenvalue weighted by Gasteiger charge is 2.17. The summed E-state index contributed by atoms with van der Waals surface area (Å²) < 4.78 is 25.7. The van der Waals surface area contributed by atoms with Gasteiger partial charge in [-0.3, -0.25) is 4.79 Å². The molecule has 0 fully saturated rings. The molecule has 1 aromatic rings. The van der Waals surface area contributed by atoms with Gasteiger partial charge >= 0.3 is 0 Å². The van der Waals surface area contributed by atoms with Crippen molar-refractivity contribution in [3.8, 4) is 0 Å². The minimum absolute atomic E-state index is 0.00458. The van der Waals surface area contributed by atoms with E-state index in [-0.39, 0.29) is 31.5 Å². The van der Waals surface area contributed by atoms with E-state index in [1.54, 1.807) is 0 Å². The zero-order chi connectivity index (χ0) is 13.7. The van der Waals surface area contributed by atoms with Crippen molar-refractivity contribution in [2.24, 2.45) is 0 Å². The van der Waals surface area contributed by atoms with Gasteiger partial charge in [0.05, 0.1) is 13.0 Å². The van der Waals surface area contributed by atoms with Crippen LogP contribution in [0.5, 0.6) is 0 Å². The van der Waals surface area contributed by atoms with Crippen molar-refractivity contribution in [2.75, 3.05) is 13.2 Å². The minimum atomic E-state index is -0.960. The van der Waals surface area contributed by atoms with Crippen LogP contribution >= 0.6 is 0 Å². The second kappa shape index (κ2) is 6.44. The summed E-state index contributed by atoms with van der Waals surface area (Å²) in [4.78, 5) is 13.4. The van der Waals surface area contributed by atoms with Gasteiger partial charge in [-0.25, -0.2) is 8.78 Å². The van der Waals surface area contributed by atoms with Crippen LogP contribution in [-0.4, -0.2) is 35.1 Å². The number of nitrogens with zero attached hydrogens (tertiary/aromatic N) is 1. The fraction of sp³-hybridized carbons (Fsp3) is 0.462. The molecule has 0 saturated carbocycles. The van der Waals surface area contributed by atoms with E-state index in [9.17, 15) is 13.6 Å². The van der Waals surface area contributed by atoms with E-state index in [1.165, 1.54) is 11.0 Å². The largest absolute Gasteiger partial charge is 0.395 e. The van der Waals surface area contributed by atoms with Crippen molar-refractivity contribution < 1.29 is 18.7 Å². The molecule has 1 amide bonds. The van der Waals surface area contributed by atoms with E-state index < -0.39 is 11.6 Å². The maximum Gasteiger partial charge on any atom is 0.227 e. The molecular weight excluding hydrogens is 240 g/mol. The van der Waals surface area contributed by atoms with E-state index in [0.29, 0.717) is 5.56 Å². The lowest BCUT2D eigenvalue weighted by Crippen LogP contribution is -2.39. The molecular formula is C13H17F2NO2. The van der Waals surface area contributed by atoms with Gasteiger partial charge in [-0.15, -0.1) is 0 Å². The quantitative estimate of drug-likeness (QED) is 0.872. The molecule has 100 valence electrons. The first kappa shape index (κ1) is 14.6. The molecule has 0 spiro atoms. The van der Waals surface area contributed by atoms with Gasteiger partial charge in [0.1, 0.15) is 0 Å². The lowest BCUT2D eigenvalue weighted by atomic mass is 10.1. The van der Waals surface area contributed by atoms with E-state index in [0.717, 1.165) is 12.1 Å². The predicted molar refractivity (Wildman–Crippen MR) is 64.0 cm³/mol. The number of aliphatic hydroxyl groups excluding tert-OH is 1. The van der Waals surface area contributed by atoms with Gasteiger partial charge < -0.3 is 10.0 Å². The lowest BCUT2D eigenvalue weighted by molar-refractivity contribution is -0.132. The molecule has 3 nitrogen and oxygen atoms in total. The number of carbonyl (C=O) groups excluding carboxylic acids is 1. The molecule has 0 heterocycles. The molecule has 1 rings (SSSR count). The van der Waals surface area contributed by atoms with Gasteiger partial charge in [0.25, 0.3) is 0 Å². The third-order valence-electron chi connectivity index (χ3n) is 2.62. The molecule has 0 aliphatic rings. The Bertz CT molecular complexity index is 421. The number of amides is 1. The fourth-order valence-electron chi connectivity index (χ4n) is 1.70. The third-order valence-corrected chi connectivity index (χ3v) is 2.62. The van der Waals surface area contributed by atoms with Gasteiger partial charge in [-0.1, -0.05) is 6.07 Å². The number of hydrogen-bond donors (Lipinski definition) is 1. The Kier molecular flexibility index (Phi) is 5.22. The monoisotopic (exact) mass is 257 g/mol. The molecule has 1 aromatic carbocycles. The molecule has 18 heavy (non-hydrogen) atoms. The average Bonchev–Trinajstić information content (AvgIpc) is 2.30. The third kappa shape index (κ3) is 3.77. The molecule has 0 radical (unpaired) electrons. The van der Waals surface area contributed by atoms with Crippen LogP contribution in [0.1, 0.15) is 19.4 Å². The number of benzene rings is 1. The summed E-state index contributed by atoms with van der Waals surface area (Å²) in [5.74, 6) is -2.11. The first-order valence-electron chi connectivity index (χ1n) is 5.80. The average molecular weight is 257 g/mol. The fourth-order valence-corrected chi connectivity index (χ4v) is 1.70. The standard InChI is InChI=1S/C13H17F2NO2/c1-9(2)16(5-6-17)13(18)8-10-3-4-11(14)12(15)7-10/h3-4,7,9,17H,5-6,8H2,1-2H3. The second-order valence-corrected chi connectivity index (χ2v) is 4.33. The van der Waals surface area contributed by atoms with Gasteiger partial charge in [0.15, 0.2) is 11.6 Å². The zero-order valence-electron chi connectivity index (χ0n) is 10.5. The first-order valence-corrected chi connectivity index (χ1v) is 5.80. The maximum atomic E-state index is 13.0. The number of aliphatic hydroxyl groups is 1. The van der Waals surface area contributed by atoms with Crippen LogP contribution in [0.2, 0.25) is 0 Å². The molecule has 0 aromatic heterocycles. The van der Waals surface area contributed by atoms with Crippen molar-refractivity contribution in [3.63, 3.8) is 0 Å². The summed E-state index contributed by atoms with van der Waals surface area (Å²) in [7, 11) is 0. The van der Waals surface area contributed by atoms with Gasteiger partial charge in [-0.2, -0.15) is 0 Å². The molecule has 0 aliphatic heterocycles. The molecule has 0 aliphatic carbocycles.